The molecule has 4 rings (SSSR count). The summed E-state index contributed by atoms with van der Waals surface area (Å²) in [5, 5.41) is 8.85. The van der Waals surface area contributed by atoms with Crippen molar-refractivity contribution in [2.45, 2.75) is 31.8 Å². The summed E-state index contributed by atoms with van der Waals surface area (Å²) in [4.78, 5) is 38.7. The SMILES string of the molecule is O=C(NCC1CCCO1)Nc1ccc(NC(=O)c2ccc(Cl)cc2N2CCCC2=O)cc1. The van der Waals surface area contributed by atoms with Crippen LogP contribution in [0.15, 0.2) is 42.5 Å². The van der Waals surface area contributed by atoms with Gasteiger partial charge in [0, 0.05) is 42.5 Å². The first-order valence-corrected chi connectivity index (χ1v) is 11.1. The van der Waals surface area contributed by atoms with Crippen molar-refractivity contribution in [3.05, 3.63) is 53.1 Å². The quantitative estimate of drug-likeness (QED) is 0.611. The van der Waals surface area contributed by atoms with Crippen LogP contribution >= 0.6 is 11.6 Å². The average Bonchev–Trinajstić information content (AvgIpc) is 3.45. The van der Waals surface area contributed by atoms with E-state index in [4.69, 9.17) is 16.3 Å². The first kappa shape index (κ1) is 22.1. The maximum absolute atomic E-state index is 12.9. The molecule has 0 spiro atoms. The van der Waals surface area contributed by atoms with E-state index in [9.17, 15) is 14.4 Å². The lowest BCUT2D eigenvalue weighted by molar-refractivity contribution is -0.117. The van der Waals surface area contributed by atoms with Crippen LogP contribution in [0.2, 0.25) is 5.02 Å². The first-order valence-electron chi connectivity index (χ1n) is 10.7. The lowest BCUT2D eigenvalue weighted by Gasteiger charge is -2.20. The molecule has 2 saturated heterocycles. The molecule has 168 valence electrons. The van der Waals surface area contributed by atoms with Gasteiger partial charge in [0.25, 0.3) is 5.91 Å². The van der Waals surface area contributed by atoms with Crippen molar-refractivity contribution in [1.29, 1.82) is 0 Å². The third kappa shape index (κ3) is 5.38. The minimum Gasteiger partial charge on any atom is -0.376 e. The Labute approximate surface area is 191 Å². The molecule has 4 amide bonds. The summed E-state index contributed by atoms with van der Waals surface area (Å²) in [6, 6.07) is 11.4. The van der Waals surface area contributed by atoms with Crippen LogP contribution in [-0.4, -0.2) is 43.6 Å². The molecule has 2 aliphatic heterocycles. The predicted molar refractivity (Wildman–Crippen MR) is 123 cm³/mol. The zero-order valence-electron chi connectivity index (χ0n) is 17.5. The molecular formula is C23H25ClN4O4. The Morgan fingerprint density at radius 2 is 1.81 bits per heavy atom. The van der Waals surface area contributed by atoms with Crippen molar-refractivity contribution >= 4 is 46.5 Å². The van der Waals surface area contributed by atoms with Crippen LogP contribution in [-0.2, 0) is 9.53 Å². The zero-order chi connectivity index (χ0) is 22.5. The molecule has 2 aromatic carbocycles. The number of benzene rings is 2. The van der Waals surface area contributed by atoms with Crippen LogP contribution in [0.1, 0.15) is 36.0 Å². The van der Waals surface area contributed by atoms with E-state index in [2.05, 4.69) is 16.0 Å². The van der Waals surface area contributed by atoms with E-state index < -0.39 is 0 Å². The number of rotatable bonds is 6. The molecule has 8 nitrogen and oxygen atoms in total. The summed E-state index contributed by atoms with van der Waals surface area (Å²) < 4.78 is 5.48. The minimum atomic E-state index is -0.341. The van der Waals surface area contributed by atoms with Gasteiger partial charge in [-0.2, -0.15) is 0 Å². The molecular weight excluding hydrogens is 432 g/mol. The normalized spacial score (nSPS) is 18.0. The first-order chi connectivity index (χ1) is 15.5. The highest BCUT2D eigenvalue weighted by Crippen LogP contribution is 2.29. The zero-order valence-corrected chi connectivity index (χ0v) is 18.3. The van der Waals surface area contributed by atoms with E-state index in [0.717, 1.165) is 25.9 Å². The Balaban J connectivity index is 1.37. The Morgan fingerprint density at radius 1 is 1.06 bits per heavy atom. The van der Waals surface area contributed by atoms with Crippen molar-refractivity contribution in [1.82, 2.24) is 5.32 Å². The fourth-order valence-electron chi connectivity index (χ4n) is 3.85. The van der Waals surface area contributed by atoms with E-state index in [1.807, 2.05) is 0 Å². The monoisotopic (exact) mass is 456 g/mol. The lowest BCUT2D eigenvalue weighted by atomic mass is 10.1. The van der Waals surface area contributed by atoms with E-state index in [1.165, 1.54) is 0 Å². The van der Waals surface area contributed by atoms with Gasteiger partial charge in [0.15, 0.2) is 0 Å². The number of nitrogens with zero attached hydrogens (tertiary/aromatic N) is 1. The van der Waals surface area contributed by atoms with Crippen LogP contribution in [0, 0.1) is 0 Å². The largest absolute Gasteiger partial charge is 0.376 e. The van der Waals surface area contributed by atoms with E-state index >= 15 is 0 Å². The van der Waals surface area contributed by atoms with Gasteiger partial charge in [-0.1, -0.05) is 11.6 Å². The Bertz CT molecular complexity index is 1010. The highest BCUT2D eigenvalue weighted by Gasteiger charge is 2.26. The topological polar surface area (TPSA) is 99.8 Å². The third-order valence-electron chi connectivity index (χ3n) is 5.48. The molecule has 32 heavy (non-hydrogen) atoms. The van der Waals surface area contributed by atoms with E-state index in [1.54, 1.807) is 47.4 Å². The summed E-state index contributed by atoms with van der Waals surface area (Å²) in [7, 11) is 0. The fourth-order valence-corrected chi connectivity index (χ4v) is 4.01. The van der Waals surface area contributed by atoms with Crippen LogP contribution in [0.25, 0.3) is 0 Å². The molecule has 2 fully saturated rings. The maximum Gasteiger partial charge on any atom is 0.319 e. The Kier molecular flexibility index (Phi) is 6.92. The molecule has 2 aliphatic rings. The van der Waals surface area contributed by atoms with Crippen LogP contribution in [0.3, 0.4) is 0 Å². The highest BCUT2D eigenvalue weighted by molar-refractivity contribution is 6.31. The van der Waals surface area contributed by atoms with Crippen molar-refractivity contribution in [2.75, 3.05) is 35.2 Å². The maximum atomic E-state index is 12.9. The molecule has 0 radical (unpaired) electrons. The molecule has 0 aliphatic carbocycles. The third-order valence-corrected chi connectivity index (χ3v) is 5.72. The number of urea groups is 1. The second kappa shape index (κ2) is 10.0. The molecule has 9 heteroatoms. The molecule has 0 aromatic heterocycles. The van der Waals surface area contributed by atoms with Gasteiger partial charge in [0.1, 0.15) is 0 Å². The summed E-state index contributed by atoms with van der Waals surface area (Å²) in [6.07, 6.45) is 3.26. The summed E-state index contributed by atoms with van der Waals surface area (Å²) in [6.45, 7) is 1.78. The number of nitrogens with one attached hydrogen (secondary N) is 3. The van der Waals surface area contributed by atoms with Crippen LogP contribution < -0.4 is 20.9 Å². The molecule has 0 saturated carbocycles. The number of carbonyl (C=O) groups is 3. The van der Waals surface area contributed by atoms with Gasteiger partial charge in [-0.15, -0.1) is 0 Å². The summed E-state index contributed by atoms with van der Waals surface area (Å²) in [5.74, 6) is -0.360. The number of anilines is 3. The number of amides is 4. The molecule has 2 aromatic rings. The van der Waals surface area contributed by atoms with Gasteiger partial charge in [0.2, 0.25) is 5.91 Å². The number of ether oxygens (including phenoxy) is 1. The van der Waals surface area contributed by atoms with Crippen molar-refractivity contribution < 1.29 is 19.1 Å². The fraction of sp³-hybridized carbons (Fsp3) is 0.348. The van der Waals surface area contributed by atoms with E-state index in [0.29, 0.717) is 47.2 Å². The van der Waals surface area contributed by atoms with Gasteiger partial charge < -0.3 is 25.6 Å². The lowest BCUT2D eigenvalue weighted by Crippen LogP contribution is -2.35. The van der Waals surface area contributed by atoms with Gasteiger partial charge in [-0.25, -0.2) is 4.79 Å². The number of carbonyl (C=O) groups excluding carboxylic acids is 3. The second-order valence-corrected chi connectivity index (χ2v) is 8.25. The molecule has 3 N–H and O–H groups in total. The molecule has 1 unspecified atom stereocenters. The van der Waals surface area contributed by atoms with E-state index in [-0.39, 0.29) is 23.9 Å². The van der Waals surface area contributed by atoms with Crippen LogP contribution in [0.4, 0.5) is 21.9 Å². The molecule has 2 heterocycles. The van der Waals surface area contributed by atoms with Crippen molar-refractivity contribution in [3.63, 3.8) is 0 Å². The Hall–Kier alpha value is -3.10. The second-order valence-electron chi connectivity index (χ2n) is 7.81. The number of hydrogen-bond acceptors (Lipinski definition) is 4. The molecule has 1 atom stereocenters. The molecule has 0 bridgehead atoms. The van der Waals surface area contributed by atoms with Crippen molar-refractivity contribution in [3.8, 4) is 0 Å². The predicted octanol–water partition coefficient (Wildman–Crippen LogP) is 4.02. The van der Waals surface area contributed by atoms with Gasteiger partial charge in [-0.3, -0.25) is 9.59 Å². The number of halogens is 1. The highest BCUT2D eigenvalue weighted by atomic mass is 35.5. The Morgan fingerprint density at radius 3 is 2.47 bits per heavy atom. The number of hydrogen-bond donors (Lipinski definition) is 3. The smallest absolute Gasteiger partial charge is 0.319 e. The standard InChI is InChI=1S/C23H25ClN4O4/c24-15-5-10-19(20(13-15)28-11-1-4-21(28)29)22(30)26-16-6-8-17(9-7-16)27-23(31)25-14-18-3-2-12-32-18/h5-10,13,18H,1-4,11-12,14H2,(H,26,30)(H2,25,27,31). The van der Waals surface area contributed by atoms with Gasteiger partial charge in [0.05, 0.1) is 17.4 Å². The van der Waals surface area contributed by atoms with Crippen molar-refractivity contribution in [2.24, 2.45) is 0 Å². The summed E-state index contributed by atoms with van der Waals surface area (Å²) in [5.41, 5.74) is 2.05. The van der Waals surface area contributed by atoms with Crippen LogP contribution in [0.5, 0.6) is 0 Å². The minimum absolute atomic E-state index is 0.0190. The average molecular weight is 457 g/mol. The van der Waals surface area contributed by atoms with Gasteiger partial charge >= 0.3 is 6.03 Å². The van der Waals surface area contributed by atoms with Gasteiger partial charge in [-0.05, 0) is 61.7 Å². The summed E-state index contributed by atoms with van der Waals surface area (Å²) >= 11 is 6.11.